The highest BCUT2D eigenvalue weighted by Crippen LogP contribution is 2.40. The van der Waals surface area contributed by atoms with Crippen molar-refractivity contribution in [2.75, 3.05) is 13.2 Å². The van der Waals surface area contributed by atoms with E-state index in [1.807, 2.05) is 44.2 Å². The number of imide groups is 1. The number of hydrogen-bond donors (Lipinski definition) is 1. The minimum Gasteiger partial charge on any atom is -0.376 e. The summed E-state index contributed by atoms with van der Waals surface area (Å²) in [7, 11) is 0. The minimum atomic E-state index is -1.05. The van der Waals surface area contributed by atoms with Gasteiger partial charge < -0.3 is 14.6 Å². The third-order valence-electron chi connectivity index (χ3n) is 7.24. The number of aromatic nitrogens is 1. The van der Waals surface area contributed by atoms with Crippen LogP contribution in [-0.2, 0) is 28.0 Å². The van der Waals surface area contributed by atoms with Gasteiger partial charge in [-0.25, -0.2) is 4.79 Å². The van der Waals surface area contributed by atoms with E-state index < -0.39 is 11.6 Å². The fraction of sp³-hybridized carbons (Fsp3) is 0.480. The lowest BCUT2D eigenvalue weighted by Gasteiger charge is -2.33. The summed E-state index contributed by atoms with van der Waals surface area (Å²) >= 11 is 0. The summed E-state index contributed by atoms with van der Waals surface area (Å²) in [5.74, 6) is -0.544. The molecule has 1 spiro atoms. The first kappa shape index (κ1) is 20.9. The summed E-state index contributed by atoms with van der Waals surface area (Å²) in [5, 5.41) is 2.93. The predicted octanol–water partition coefficient (Wildman–Crippen LogP) is 3.25. The van der Waals surface area contributed by atoms with Crippen LogP contribution < -0.4 is 5.32 Å². The Balaban J connectivity index is 1.38. The number of carbonyl (C=O) groups excluding carboxylic acids is 3. The van der Waals surface area contributed by atoms with E-state index in [1.54, 1.807) is 0 Å². The summed E-state index contributed by atoms with van der Waals surface area (Å²) in [6, 6.07) is 9.13. The minimum absolute atomic E-state index is 0.167. The van der Waals surface area contributed by atoms with E-state index >= 15 is 0 Å². The number of benzene rings is 1. The van der Waals surface area contributed by atoms with Gasteiger partial charge in [0.15, 0.2) is 5.78 Å². The van der Waals surface area contributed by atoms with E-state index in [4.69, 9.17) is 4.74 Å². The lowest BCUT2D eigenvalue weighted by molar-refractivity contribution is -0.131. The molecule has 1 aliphatic carbocycles. The van der Waals surface area contributed by atoms with Gasteiger partial charge in [-0.2, -0.15) is 0 Å². The monoisotopic (exact) mass is 435 g/mol. The zero-order valence-corrected chi connectivity index (χ0v) is 18.6. The number of nitrogens with one attached hydrogen (secondary N) is 1. The fourth-order valence-electron chi connectivity index (χ4n) is 5.54. The second-order valence-electron chi connectivity index (χ2n) is 9.19. The van der Waals surface area contributed by atoms with Crippen molar-refractivity contribution >= 4 is 17.7 Å². The molecule has 3 heterocycles. The Kier molecular flexibility index (Phi) is 5.16. The molecule has 3 aliphatic rings. The standard InChI is InChI=1S/C25H29N3O4/c1-16-13-20(17(2)27(16)14-19-9-6-12-32-19)22(29)15-28-23(30)25(26-24(28)31)11-5-8-18-7-3-4-10-21(18)25/h3-4,7,10,13,19H,5-6,8-9,11-12,14-15H2,1-2H3,(H,26,31)/t19-,25+/m0/s1. The van der Waals surface area contributed by atoms with E-state index in [0.29, 0.717) is 18.5 Å². The average molecular weight is 436 g/mol. The molecule has 32 heavy (non-hydrogen) atoms. The molecule has 1 N–H and O–H groups in total. The van der Waals surface area contributed by atoms with Gasteiger partial charge in [-0.05, 0) is 63.1 Å². The summed E-state index contributed by atoms with van der Waals surface area (Å²) < 4.78 is 7.86. The first-order valence-electron chi connectivity index (χ1n) is 11.4. The van der Waals surface area contributed by atoms with Gasteiger partial charge in [-0.15, -0.1) is 0 Å². The van der Waals surface area contributed by atoms with Crippen LogP contribution in [0, 0.1) is 13.8 Å². The number of fused-ring (bicyclic) bond motifs is 2. The number of urea groups is 1. The largest absolute Gasteiger partial charge is 0.376 e. The Bertz CT molecular complexity index is 1100. The summed E-state index contributed by atoms with van der Waals surface area (Å²) in [5.41, 5.74) is 3.28. The van der Waals surface area contributed by atoms with E-state index in [1.165, 1.54) is 0 Å². The van der Waals surface area contributed by atoms with Crippen LogP contribution in [0.4, 0.5) is 4.79 Å². The summed E-state index contributed by atoms with van der Waals surface area (Å²) in [6.07, 6.45) is 4.50. The summed E-state index contributed by atoms with van der Waals surface area (Å²) in [4.78, 5) is 40.6. The molecule has 0 bridgehead atoms. The van der Waals surface area contributed by atoms with Crippen molar-refractivity contribution in [3.63, 3.8) is 0 Å². The van der Waals surface area contributed by atoms with Crippen LogP contribution in [0.2, 0.25) is 0 Å². The van der Waals surface area contributed by atoms with Gasteiger partial charge in [-0.1, -0.05) is 24.3 Å². The Morgan fingerprint density at radius 2 is 2.03 bits per heavy atom. The van der Waals surface area contributed by atoms with Crippen LogP contribution in [0.15, 0.2) is 30.3 Å². The highest BCUT2D eigenvalue weighted by atomic mass is 16.5. The third kappa shape index (κ3) is 3.26. The van der Waals surface area contributed by atoms with E-state index in [9.17, 15) is 14.4 Å². The highest BCUT2D eigenvalue weighted by molar-refractivity contribution is 6.11. The lowest BCUT2D eigenvalue weighted by atomic mass is 9.76. The third-order valence-corrected chi connectivity index (χ3v) is 7.24. The van der Waals surface area contributed by atoms with Crippen molar-refractivity contribution in [1.82, 2.24) is 14.8 Å². The molecule has 2 aromatic rings. The molecule has 5 rings (SSSR count). The molecule has 2 saturated heterocycles. The maximum Gasteiger partial charge on any atom is 0.325 e. The van der Waals surface area contributed by atoms with Crippen molar-refractivity contribution in [1.29, 1.82) is 0 Å². The van der Waals surface area contributed by atoms with Gasteiger partial charge in [-0.3, -0.25) is 14.5 Å². The summed E-state index contributed by atoms with van der Waals surface area (Å²) in [6.45, 7) is 5.14. The van der Waals surface area contributed by atoms with E-state index in [2.05, 4.69) is 9.88 Å². The molecule has 3 amide bonds. The molecule has 0 saturated carbocycles. The number of amides is 3. The molecular formula is C25H29N3O4. The SMILES string of the molecule is Cc1cc(C(=O)CN2C(=O)N[C@@]3(CCCc4ccccc43)C2=O)c(C)n1C[C@@H]1CCCO1. The van der Waals surface area contributed by atoms with Crippen molar-refractivity contribution in [2.24, 2.45) is 0 Å². The van der Waals surface area contributed by atoms with Crippen LogP contribution in [-0.4, -0.2) is 46.4 Å². The van der Waals surface area contributed by atoms with Gasteiger partial charge in [0, 0.05) is 30.1 Å². The molecule has 7 nitrogen and oxygen atoms in total. The maximum absolute atomic E-state index is 13.5. The topological polar surface area (TPSA) is 80.6 Å². The van der Waals surface area contributed by atoms with Crippen LogP contribution >= 0.6 is 0 Å². The van der Waals surface area contributed by atoms with Gasteiger partial charge in [0.05, 0.1) is 12.6 Å². The molecular weight excluding hydrogens is 406 g/mol. The normalized spacial score (nSPS) is 24.8. The van der Waals surface area contributed by atoms with Crippen molar-refractivity contribution < 1.29 is 19.1 Å². The molecule has 2 fully saturated rings. The number of hydrogen-bond acceptors (Lipinski definition) is 4. The smallest absolute Gasteiger partial charge is 0.325 e. The lowest BCUT2D eigenvalue weighted by Crippen LogP contribution is -2.46. The quantitative estimate of drug-likeness (QED) is 0.578. The van der Waals surface area contributed by atoms with Crippen LogP contribution in [0.5, 0.6) is 0 Å². The number of nitrogens with zero attached hydrogens (tertiary/aromatic N) is 2. The second-order valence-corrected chi connectivity index (χ2v) is 9.19. The predicted molar refractivity (Wildman–Crippen MR) is 119 cm³/mol. The Hall–Kier alpha value is -2.93. The fourth-order valence-corrected chi connectivity index (χ4v) is 5.54. The Morgan fingerprint density at radius 1 is 1.22 bits per heavy atom. The number of Topliss-reactive ketones (excluding diaryl/α,β-unsaturated/α-hetero) is 1. The first-order chi connectivity index (χ1) is 15.4. The number of aryl methyl sites for hydroxylation is 2. The first-order valence-corrected chi connectivity index (χ1v) is 11.4. The highest BCUT2D eigenvalue weighted by Gasteiger charge is 2.54. The van der Waals surface area contributed by atoms with Gasteiger partial charge in [0.1, 0.15) is 5.54 Å². The Labute approximate surface area is 187 Å². The van der Waals surface area contributed by atoms with Gasteiger partial charge in [0.25, 0.3) is 5.91 Å². The van der Waals surface area contributed by atoms with Gasteiger partial charge in [0.2, 0.25) is 0 Å². The maximum atomic E-state index is 13.5. The van der Waals surface area contributed by atoms with Crippen molar-refractivity contribution in [3.8, 4) is 0 Å². The molecule has 1 aromatic heterocycles. The van der Waals surface area contributed by atoms with Crippen LogP contribution in [0.1, 0.15) is 58.6 Å². The van der Waals surface area contributed by atoms with E-state index in [0.717, 1.165) is 59.7 Å². The van der Waals surface area contributed by atoms with Crippen molar-refractivity contribution in [3.05, 3.63) is 58.4 Å². The molecule has 1 aromatic carbocycles. The van der Waals surface area contributed by atoms with Gasteiger partial charge >= 0.3 is 6.03 Å². The number of carbonyl (C=O) groups is 3. The number of ether oxygens (including phenoxy) is 1. The molecule has 2 aliphatic heterocycles. The van der Waals surface area contributed by atoms with Crippen LogP contribution in [0.3, 0.4) is 0 Å². The molecule has 2 atom stereocenters. The van der Waals surface area contributed by atoms with Crippen LogP contribution in [0.25, 0.3) is 0 Å². The number of ketones is 1. The number of rotatable bonds is 5. The average Bonchev–Trinajstić information content (AvgIpc) is 3.46. The van der Waals surface area contributed by atoms with Crippen molar-refractivity contribution in [2.45, 2.75) is 64.1 Å². The Morgan fingerprint density at radius 3 is 2.81 bits per heavy atom. The molecule has 7 heteroatoms. The molecule has 168 valence electrons. The zero-order valence-electron chi connectivity index (χ0n) is 18.6. The second kappa shape index (κ2) is 7.89. The zero-order chi connectivity index (χ0) is 22.5. The molecule has 0 unspecified atom stereocenters. The molecule has 0 radical (unpaired) electrons. The van der Waals surface area contributed by atoms with E-state index in [-0.39, 0.29) is 24.3 Å².